The Morgan fingerprint density at radius 1 is 1.57 bits per heavy atom. The monoisotopic (exact) mass is 232 g/mol. The van der Waals surface area contributed by atoms with Crippen molar-refractivity contribution in [2.24, 2.45) is 0 Å². The smallest absolute Gasteiger partial charge is 0.144 e. The number of nitrogens with one attached hydrogen (secondary N) is 1. The van der Waals surface area contributed by atoms with Gasteiger partial charge in [0.1, 0.15) is 5.82 Å². The average molecular weight is 233 g/mol. The molecule has 1 atom stereocenters. The minimum atomic E-state index is 0.137. The molecule has 0 aliphatic carbocycles. The van der Waals surface area contributed by atoms with Crippen molar-refractivity contribution in [1.29, 1.82) is 0 Å². The van der Waals surface area contributed by atoms with Gasteiger partial charge in [-0.2, -0.15) is 0 Å². The molecule has 0 bridgehead atoms. The molecule has 0 saturated carbocycles. The first-order valence-corrected chi connectivity index (χ1v) is 5.54. The Kier molecular flexibility index (Phi) is 5.05. The maximum absolute atomic E-state index is 6.05. The molecule has 1 N–H and O–H groups in total. The molecule has 2 nitrogen and oxygen atoms in total. The predicted molar refractivity (Wildman–Crippen MR) is 62.3 cm³/mol. The minimum Gasteiger partial charge on any atom is -0.367 e. The lowest BCUT2D eigenvalue weighted by Gasteiger charge is -2.10. The number of anilines is 1. The molecule has 78 valence electrons. The third-order valence-electron chi connectivity index (χ3n) is 1.85. The summed E-state index contributed by atoms with van der Waals surface area (Å²) in [5.41, 5.74) is 0. The molecule has 4 heteroatoms. The summed E-state index contributed by atoms with van der Waals surface area (Å²) < 4.78 is 0. The molecule has 0 radical (unpaired) electrons. The fourth-order valence-corrected chi connectivity index (χ4v) is 1.62. The number of alkyl halides is 1. The van der Waals surface area contributed by atoms with Gasteiger partial charge in [0.25, 0.3) is 0 Å². The first kappa shape index (κ1) is 11.6. The van der Waals surface area contributed by atoms with Gasteiger partial charge in [-0.1, -0.05) is 24.9 Å². The van der Waals surface area contributed by atoms with E-state index in [0.29, 0.717) is 17.4 Å². The Morgan fingerprint density at radius 2 is 2.36 bits per heavy atom. The van der Waals surface area contributed by atoms with Gasteiger partial charge >= 0.3 is 0 Å². The number of hydrogen-bond donors (Lipinski definition) is 1. The molecular weight excluding hydrogens is 219 g/mol. The highest BCUT2D eigenvalue weighted by Crippen LogP contribution is 2.18. The Balaban J connectivity index is 2.41. The average Bonchev–Trinajstić information content (AvgIpc) is 2.17. The summed E-state index contributed by atoms with van der Waals surface area (Å²) >= 11 is 12.0. The molecule has 1 aromatic heterocycles. The van der Waals surface area contributed by atoms with Gasteiger partial charge in [0.15, 0.2) is 0 Å². The van der Waals surface area contributed by atoms with Crippen LogP contribution >= 0.6 is 23.2 Å². The zero-order chi connectivity index (χ0) is 10.4. The van der Waals surface area contributed by atoms with E-state index in [9.17, 15) is 0 Å². The van der Waals surface area contributed by atoms with Crippen molar-refractivity contribution in [3.8, 4) is 0 Å². The molecule has 0 saturated heterocycles. The minimum absolute atomic E-state index is 0.137. The molecule has 0 amide bonds. The zero-order valence-corrected chi connectivity index (χ0v) is 9.65. The van der Waals surface area contributed by atoms with Crippen LogP contribution in [0.1, 0.15) is 19.8 Å². The van der Waals surface area contributed by atoms with Crippen molar-refractivity contribution >= 4 is 29.0 Å². The summed E-state index contributed by atoms with van der Waals surface area (Å²) in [6, 6.07) is 3.61. The normalized spacial score (nSPS) is 12.5. The fourth-order valence-electron chi connectivity index (χ4n) is 1.14. The van der Waals surface area contributed by atoms with Crippen molar-refractivity contribution in [3.63, 3.8) is 0 Å². The van der Waals surface area contributed by atoms with Crippen LogP contribution in [-0.4, -0.2) is 16.9 Å². The van der Waals surface area contributed by atoms with E-state index < -0.39 is 0 Å². The van der Waals surface area contributed by atoms with Crippen LogP contribution in [0.3, 0.4) is 0 Å². The van der Waals surface area contributed by atoms with E-state index in [1.165, 1.54) is 0 Å². The molecule has 0 fully saturated rings. The van der Waals surface area contributed by atoms with E-state index >= 15 is 0 Å². The van der Waals surface area contributed by atoms with Crippen molar-refractivity contribution in [3.05, 3.63) is 23.4 Å². The number of rotatable bonds is 5. The van der Waals surface area contributed by atoms with Gasteiger partial charge in [-0.05, 0) is 18.6 Å². The molecule has 14 heavy (non-hydrogen) atoms. The van der Waals surface area contributed by atoms with Crippen LogP contribution in [0.15, 0.2) is 18.3 Å². The first-order chi connectivity index (χ1) is 6.74. The molecule has 0 aromatic carbocycles. The number of aromatic nitrogens is 1. The van der Waals surface area contributed by atoms with Crippen molar-refractivity contribution in [2.75, 3.05) is 11.9 Å². The predicted octanol–water partition coefficient (Wildman–Crippen LogP) is 3.55. The van der Waals surface area contributed by atoms with Gasteiger partial charge in [-0.25, -0.2) is 4.98 Å². The highest BCUT2D eigenvalue weighted by atomic mass is 35.5. The van der Waals surface area contributed by atoms with Crippen LogP contribution < -0.4 is 5.32 Å². The maximum atomic E-state index is 6.05. The Morgan fingerprint density at radius 3 is 3.00 bits per heavy atom. The number of pyridine rings is 1. The van der Waals surface area contributed by atoms with E-state index in [1.807, 2.05) is 0 Å². The van der Waals surface area contributed by atoms with Gasteiger partial charge in [0.2, 0.25) is 0 Å². The van der Waals surface area contributed by atoms with Gasteiger partial charge in [-0.15, -0.1) is 11.6 Å². The quantitative estimate of drug-likeness (QED) is 0.786. The molecule has 0 spiro atoms. The van der Waals surface area contributed by atoms with Gasteiger partial charge in [0.05, 0.1) is 10.4 Å². The third kappa shape index (κ3) is 3.72. The maximum Gasteiger partial charge on any atom is 0.144 e. The van der Waals surface area contributed by atoms with Gasteiger partial charge in [-0.3, -0.25) is 0 Å². The van der Waals surface area contributed by atoms with E-state index in [-0.39, 0.29) is 5.38 Å². The first-order valence-electron chi connectivity index (χ1n) is 4.72. The summed E-state index contributed by atoms with van der Waals surface area (Å²) in [4.78, 5) is 4.11. The number of nitrogens with zero attached hydrogens (tertiary/aromatic N) is 1. The zero-order valence-electron chi connectivity index (χ0n) is 8.13. The molecule has 1 unspecified atom stereocenters. The lowest BCUT2D eigenvalue weighted by molar-refractivity contribution is 0.750. The van der Waals surface area contributed by atoms with Crippen LogP contribution in [0.5, 0.6) is 0 Å². The molecule has 0 aliphatic rings. The number of halogens is 2. The molecular formula is C10H14Cl2N2. The third-order valence-corrected chi connectivity index (χ3v) is 2.53. The summed E-state index contributed by atoms with van der Waals surface area (Å²) in [7, 11) is 0. The van der Waals surface area contributed by atoms with E-state index in [4.69, 9.17) is 23.2 Å². The Labute approximate surface area is 94.6 Å². The summed E-state index contributed by atoms with van der Waals surface area (Å²) in [6.07, 6.45) is 3.79. The van der Waals surface area contributed by atoms with E-state index in [1.54, 1.807) is 18.3 Å². The van der Waals surface area contributed by atoms with Gasteiger partial charge < -0.3 is 5.32 Å². The van der Waals surface area contributed by atoms with E-state index in [2.05, 4.69) is 17.2 Å². The van der Waals surface area contributed by atoms with Gasteiger partial charge in [0, 0.05) is 12.7 Å². The SMILES string of the molecule is CCCC(Cl)CNc1ncccc1Cl. The van der Waals surface area contributed by atoms with Crippen LogP contribution in [0, 0.1) is 0 Å². The lowest BCUT2D eigenvalue weighted by Crippen LogP contribution is -2.14. The van der Waals surface area contributed by atoms with E-state index in [0.717, 1.165) is 12.8 Å². The van der Waals surface area contributed by atoms with Crippen LogP contribution in [0.25, 0.3) is 0 Å². The van der Waals surface area contributed by atoms with Crippen molar-refractivity contribution in [1.82, 2.24) is 4.98 Å². The van der Waals surface area contributed by atoms with Crippen LogP contribution in [0.2, 0.25) is 5.02 Å². The summed E-state index contributed by atoms with van der Waals surface area (Å²) in [5.74, 6) is 0.705. The summed E-state index contributed by atoms with van der Waals surface area (Å²) in [6.45, 7) is 2.81. The topological polar surface area (TPSA) is 24.9 Å². The largest absolute Gasteiger partial charge is 0.367 e. The molecule has 1 rings (SSSR count). The standard InChI is InChI=1S/C10H14Cl2N2/c1-2-4-8(11)7-14-10-9(12)5-3-6-13-10/h3,5-6,8H,2,4,7H2,1H3,(H,13,14). The van der Waals surface area contributed by atoms with Crippen molar-refractivity contribution < 1.29 is 0 Å². The second-order valence-electron chi connectivity index (χ2n) is 3.10. The number of hydrogen-bond acceptors (Lipinski definition) is 2. The molecule has 1 aromatic rings. The van der Waals surface area contributed by atoms with Crippen molar-refractivity contribution in [2.45, 2.75) is 25.1 Å². The highest BCUT2D eigenvalue weighted by Gasteiger charge is 2.04. The fraction of sp³-hybridized carbons (Fsp3) is 0.500. The van der Waals surface area contributed by atoms with Crippen LogP contribution in [0.4, 0.5) is 5.82 Å². The Hall–Kier alpha value is -0.470. The second-order valence-corrected chi connectivity index (χ2v) is 4.13. The Bertz CT molecular complexity index is 279. The molecule has 0 aliphatic heterocycles. The second kappa shape index (κ2) is 6.10. The lowest BCUT2D eigenvalue weighted by atomic mass is 10.2. The highest BCUT2D eigenvalue weighted by molar-refractivity contribution is 6.32. The van der Waals surface area contributed by atoms with Crippen LogP contribution in [-0.2, 0) is 0 Å². The summed E-state index contributed by atoms with van der Waals surface area (Å²) in [5, 5.41) is 3.89. The molecule has 1 heterocycles.